The molecule has 7 heteroatoms. The molecule has 0 radical (unpaired) electrons. The van der Waals surface area contributed by atoms with E-state index in [1.165, 1.54) is 0 Å². The normalized spacial score (nSPS) is 12.6. The average molecular weight is 448 g/mol. The van der Waals surface area contributed by atoms with Crippen LogP contribution in [0.3, 0.4) is 0 Å². The lowest BCUT2D eigenvalue weighted by atomic mass is 10.1. The third-order valence-electron chi connectivity index (χ3n) is 5.55. The topological polar surface area (TPSA) is 81.1 Å². The van der Waals surface area contributed by atoms with E-state index in [9.17, 15) is 13.2 Å². The Bertz CT molecular complexity index is 1340. The van der Waals surface area contributed by atoms with Gasteiger partial charge in [-0.05, 0) is 35.4 Å². The van der Waals surface area contributed by atoms with E-state index < -0.39 is 15.9 Å². The SMILES string of the molecule is CCS(=O)(=O)c1ccc(CC(=O)NC(c2ccccc2)c2nc3ccccc3n2C)cc1. The first-order valence-electron chi connectivity index (χ1n) is 10.5. The summed E-state index contributed by atoms with van der Waals surface area (Å²) >= 11 is 0. The molecule has 164 valence electrons. The summed E-state index contributed by atoms with van der Waals surface area (Å²) in [6.07, 6.45) is 0.139. The van der Waals surface area contributed by atoms with E-state index in [0.717, 1.165) is 28.0 Å². The standard InChI is InChI=1S/C25H25N3O3S/c1-3-32(30,31)20-15-13-18(14-16-20)17-23(29)27-24(19-9-5-4-6-10-19)25-26-21-11-7-8-12-22(21)28(25)2/h4-16,24H,3,17H2,1-2H3,(H,27,29). The molecule has 0 aliphatic rings. The van der Waals surface area contributed by atoms with Gasteiger partial charge < -0.3 is 9.88 Å². The second-order valence-electron chi connectivity index (χ2n) is 7.65. The summed E-state index contributed by atoms with van der Waals surface area (Å²) in [4.78, 5) is 18.0. The molecule has 0 bridgehead atoms. The predicted molar refractivity (Wildman–Crippen MR) is 125 cm³/mol. The number of nitrogens with zero attached hydrogens (tertiary/aromatic N) is 2. The molecule has 0 saturated carbocycles. The van der Waals surface area contributed by atoms with Crippen LogP contribution in [0.4, 0.5) is 0 Å². The molecule has 6 nitrogen and oxygen atoms in total. The number of carbonyl (C=O) groups excluding carboxylic acids is 1. The Morgan fingerprint density at radius 3 is 2.28 bits per heavy atom. The number of benzene rings is 3. The van der Waals surface area contributed by atoms with Crippen LogP contribution in [0.2, 0.25) is 0 Å². The molecule has 3 aromatic carbocycles. The number of para-hydroxylation sites is 2. The number of nitrogens with one attached hydrogen (secondary N) is 1. The molecule has 1 amide bonds. The summed E-state index contributed by atoms with van der Waals surface area (Å²) < 4.78 is 26.0. The second-order valence-corrected chi connectivity index (χ2v) is 9.93. The van der Waals surface area contributed by atoms with Crippen LogP contribution in [0.15, 0.2) is 83.8 Å². The lowest BCUT2D eigenvalue weighted by Gasteiger charge is -2.19. The molecular formula is C25H25N3O3S. The van der Waals surface area contributed by atoms with Crippen LogP contribution in [-0.4, -0.2) is 29.6 Å². The lowest BCUT2D eigenvalue weighted by Crippen LogP contribution is -2.32. The number of rotatable bonds is 7. The molecule has 1 aromatic heterocycles. The number of aromatic nitrogens is 2. The Kier molecular flexibility index (Phi) is 6.10. The second kappa shape index (κ2) is 8.96. The lowest BCUT2D eigenvalue weighted by molar-refractivity contribution is -0.121. The molecule has 0 saturated heterocycles. The summed E-state index contributed by atoms with van der Waals surface area (Å²) in [5, 5.41) is 3.12. The van der Waals surface area contributed by atoms with Crippen molar-refractivity contribution in [3.63, 3.8) is 0 Å². The minimum absolute atomic E-state index is 0.0452. The first kappa shape index (κ1) is 21.8. The molecule has 0 aliphatic heterocycles. The van der Waals surface area contributed by atoms with E-state index in [2.05, 4.69) is 5.32 Å². The molecule has 4 rings (SSSR count). The van der Waals surface area contributed by atoms with Crippen LogP contribution in [-0.2, 0) is 28.1 Å². The van der Waals surface area contributed by atoms with Gasteiger partial charge >= 0.3 is 0 Å². The van der Waals surface area contributed by atoms with Crippen molar-refractivity contribution in [2.24, 2.45) is 7.05 Å². The fourth-order valence-electron chi connectivity index (χ4n) is 3.74. The van der Waals surface area contributed by atoms with Gasteiger partial charge in [0, 0.05) is 7.05 Å². The van der Waals surface area contributed by atoms with Gasteiger partial charge in [0.2, 0.25) is 5.91 Å². The number of fused-ring (bicyclic) bond motifs is 1. The Labute approximate surface area is 187 Å². The van der Waals surface area contributed by atoms with E-state index in [1.807, 2.05) is 66.2 Å². The maximum Gasteiger partial charge on any atom is 0.225 e. The monoisotopic (exact) mass is 447 g/mol. The largest absolute Gasteiger partial charge is 0.342 e. The van der Waals surface area contributed by atoms with Crippen molar-refractivity contribution in [2.45, 2.75) is 24.3 Å². The third-order valence-corrected chi connectivity index (χ3v) is 7.30. The molecule has 1 N–H and O–H groups in total. The number of imidazole rings is 1. The van der Waals surface area contributed by atoms with E-state index in [0.29, 0.717) is 0 Å². The van der Waals surface area contributed by atoms with Crippen LogP contribution in [0, 0.1) is 0 Å². The third kappa shape index (κ3) is 4.43. The van der Waals surface area contributed by atoms with Crippen molar-refractivity contribution in [1.82, 2.24) is 14.9 Å². The van der Waals surface area contributed by atoms with E-state index in [1.54, 1.807) is 31.2 Å². The highest BCUT2D eigenvalue weighted by Gasteiger charge is 2.23. The predicted octanol–water partition coefficient (Wildman–Crippen LogP) is 3.82. The first-order valence-corrected chi connectivity index (χ1v) is 12.1. The van der Waals surface area contributed by atoms with Crippen molar-refractivity contribution in [1.29, 1.82) is 0 Å². The molecule has 0 spiro atoms. The van der Waals surface area contributed by atoms with Crippen molar-refractivity contribution in [3.05, 3.63) is 95.8 Å². The zero-order valence-electron chi connectivity index (χ0n) is 18.0. The molecule has 0 aliphatic carbocycles. The van der Waals surface area contributed by atoms with Gasteiger partial charge in [0.1, 0.15) is 11.9 Å². The molecular weight excluding hydrogens is 422 g/mol. The smallest absolute Gasteiger partial charge is 0.225 e. The van der Waals surface area contributed by atoms with Crippen molar-refractivity contribution in [3.8, 4) is 0 Å². The molecule has 1 atom stereocenters. The van der Waals surface area contributed by atoms with E-state index in [4.69, 9.17) is 4.98 Å². The van der Waals surface area contributed by atoms with Crippen LogP contribution in [0.1, 0.15) is 29.9 Å². The molecule has 32 heavy (non-hydrogen) atoms. The van der Waals surface area contributed by atoms with Gasteiger partial charge in [-0.3, -0.25) is 4.79 Å². The van der Waals surface area contributed by atoms with Crippen LogP contribution < -0.4 is 5.32 Å². The van der Waals surface area contributed by atoms with E-state index in [-0.39, 0.29) is 23.0 Å². The Balaban J connectivity index is 1.60. The minimum Gasteiger partial charge on any atom is -0.342 e. The van der Waals surface area contributed by atoms with Gasteiger partial charge in [-0.2, -0.15) is 0 Å². The zero-order valence-corrected chi connectivity index (χ0v) is 18.8. The first-order chi connectivity index (χ1) is 15.4. The zero-order chi connectivity index (χ0) is 22.7. The summed E-state index contributed by atoms with van der Waals surface area (Å²) in [5.74, 6) is 0.621. The average Bonchev–Trinajstić information content (AvgIpc) is 3.15. The Hall–Kier alpha value is -3.45. The number of aryl methyl sites for hydroxylation is 1. The quantitative estimate of drug-likeness (QED) is 0.467. The van der Waals surface area contributed by atoms with Gasteiger partial charge in [-0.1, -0.05) is 61.5 Å². The summed E-state index contributed by atoms with van der Waals surface area (Å²) in [7, 11) is -1.32. The number of amides is 1. The fraction of sp³-hybridized carbons (Fsp3) is 0.200. The van der Waals surface area contributed by atoms with Gasteiger partial charge in [0.15, 0.2) is 9.84 Å². The van der Waals surface area contributed by atoms with Crippen LogP contribution in [0.25, 0.3) is 11.0 Å². The van der Waals surface area contributed by atoms with Gasteiger partial charge in [0.25, 0.3) is 0 Å². The molecule has 0 fully saturated rings. The van der Waals surface area contributed by atoms with Gasteiger partial charge in [-0.15, -0.1) is 0 Å². The Morgan fingerprint density at radius 1 is 0.969 bits per heavy atom. The van der Waals surface area contributed by atoms with Crippen LogP contribution in [0.5, 0.6) is 0 Å². The summed E-state index contributed by atoms with van der Waals surface area (Å²) in [6, 6.07) is 23.7. The highest BCUT2D eigenvalue weighted by Crippen LogP contribution is 2.25. The fourth-order valence-corrected chi connectivity index (χ4v) is 4.63. The molecule has 1 unspecified atom stereocenters. The molecule has 4 aromatic rings. The number of sulfone groups is 1. The highest BCUT2D eigenvalue weighted by atomic mass is 32.2. The number of carbonyl (C=O) groups is 1. The van der Waals surface area contributed by atoms with Crippen molar-refractivity contribution < 1.29 is 13.2 Å². The summed E-state index contributed by atoms with van der Waals surface area (Å²) in [6.45, 7) is 1.61. The number of hydrogen-bond acceptors (Lipinski definition) is 4. The Morgan fingerprint density at radius 2 is 1.62 bits per heavy atom. The highest BCUT2D eigenvalue weighted by molar-refractivity contribution is 7.91. The van der Waals surface area contributed by atoms with Crippen molar-refractivity contribution in [2.75, 3.05) is 5.75 Å². The van der Waals surface area contributed by atoms with Gasteiger partial charge in [0.05, 0.1) is 28.1 Å². The maximum absolute atomic E-state index is 13.0. The summed E-state index contributed by atoms with van der Waals surface area (Å²) in [5.41, 5.74) is 3.54. The number of hydrogen-bond donors (Lipinski definition) is 1. The van der Waals surface area contributed by atoms with Gasteiger partial charge in [-0.25, -0.2) is 13.4 Å². The maximum atomic E-state index is 13.0. The van der Waals surface area contributed by atoms with Crippen LogP contribution >= 0.6 is 0 Å². The molecule has 1 heterocycles. The van der Waals surface area contributed by atoms with Crippen molar-refractivity contribution >= 4 is 26.8 Å². The minimum atomic E-state index is -3.26. The van der Waals surface area contributed by atoms with E-state index >= 15 is 0 Å².